The first-order valence-electron chi connectivity index (χ1n) is 12.0. The van der Waals surface area contributed by atoms with Crippen molar-refractivity contribution in [1.82, 2.24) is 16.0 Å². The molecule has 0 bridgehead atoms. The van der Waals surface area contributed by atoms with Crippen LogP contribution in [0.1, 0.15) is 72.4 Å². The molecule has 8 nitrogen and oxygen atoms in total. The zero-order valence-corrected chi connectivity index (χ0v) is 23.8. The molecule has 0 spiro atoms. The minimum absolute atomic E-state index is 0.134. The van der Waals surface area contributed by atoms with Crippen LogP contribution >= 0.6 is 12.6 Å². The van der Waals surface area contributed by atoms with Crippen LogP contribution < -0.4 is 16.0 Å². The van der Waals surface area contributed by atoms with Gasteiger partial charge in [-0.3, -0.25) is 4.79 Å². The summed E-state index contributed by atoms with van der Waals surface area (Å²) in [5, 5.41) is 7.86. The van der Waals surface area contributed by atoms with Gasteiger partial charge in [0.1, 0.15) is 17.2 Å². The number of alkyl carbamates (subject to hydrolysis) is 2. The Morgan fingerprint density at radius 1 is 0.944 bits per heavy atom. The van der Waals surface area contributed by atoms with Gasteiger partial charge in [-0.05, 0) is 91.7 Å². The number of benzene rings is 1. The van der Waals surface area contributed by atoms with E-state index in [1.165, 1.54) is 5.56 Å². The Hall–Kier alpha value is -2.86. The van der Waals surface area contributed by atoms with Gasteiger partial charge in [0.15, 0.2) is 0 Å². The van der Waals surface area contributed by atoms with Crippen LogP contribution in [0.3, 0.4) is 0 Å². The number of unbranched alkanes of at least 4 members (excludes halogenated alkanes) is 1. The topological polar surface area (TPSA) is 106 Å². The van der Waals surface area contributed by atoms with E-state index in [1.54, 1.807) is 47.8 Å². The van der Waals surface area contributed by atoms with E-state index in [9.17, 15) is 14.4 Å². The summed E-state index contributed by atoms with van der Waals surface area (Å²) in [6, 6.07) is 7.08. The first-order chi connectivity index (χ1) is 16.8. The third-order valence-electron chi connectivity index (χ3n) is 4.24. The molecule has 0 heterocycles. The van der Waals surface area contributed by atoms with Gasteiger partial charge < -0.3 is 25.4 Å². The van der Waals surface area contributed by atoms with Gasteiger partial charge in [0, 0.05) is 12.1 Å². The Labute approximate surface area is 222 Å². The number of hydrogen-bond acceptors (Lipinski definition) is 6. The highest BCUT2D eigenvalue weighted by Gasteiger charge is 2.25. The molecule has 3 amide bonds. The van der Waals surface area contributed by atoms with Crippen molar-refractivity contribution < 1.29 is 23.9 Å². The average Bonchev–Trinajstić information content (AvgIpc) is 2.75. The minimum atomic E-state index is -1.01. The van der Waals surface area contributed by atoms with Gasteiger partial charge in [-0.15, -0.1) is 5.92 Å². The van der Waals surface area contributed by atoms with Crippen molar-refractivity contribution in [2.45, 2.75) is 85.0 Å². The number of amides is 3. The predicted octanol–water partition coefficient (Wildman–Crippen LogP) is 4.46. The van der Waals surface area contributed by atoms with Crippen molar-refractivity contribution in [1.29, 1.82) is 0 Å². The molecule has 1 aromatic carbocycles. The number of nitrogens with one attached hydrogen (secondary N) is 3. The highest BCUT2D eigenvalue weighted by atomic mass is 32.1. The molecular formula is C27H43N3O5S. The Morgan fingerprint density at radius 2 is 1.56 bits per heavy atom. The highest BCUT2D eigenvalue weighted by Crippen LogP contribution is 2.09. The zero-order valence-electron chi connectivity index (χ0n) is 22.9. The highest BCUT2D eigenvalue weighted by molar-refractivity contribution is 7.79. The van der Waals surface area contributed by atoms with E-state index in [0.29, 0.717) is 6.54 Å². The largest absolute Gasteiger partial charge is 0.444 e. The Balaban J connectivity index is 0.00000596. The lowest BCUT2D eigenvalue weighted by molar-refractivity contribution is -0.123. The second-order valence-electron chi connectivity index (χ2n) is 9.91. The number of carbonyl (C=O) groups is 3. The predicted molar refractivity (Wildman–Crippen MR) is 147 cm³/mol. The summed E-state index contributed by atoms with van der Waals surface area (Å²) < 4.78 is 10.4. The molecule has 9 heteroatoms. The van der Waals surface area contributed by atoms with Crippen molar-refractivity contribution in [3.05, 3.63) is 35.4 Å². The Bertz CT molecular complexity index is 895. The summed E-state index contributed by atoms with van der Waals surface area (Å²) in [5.41, 5.74) is 0.784. The molecule has 1 aromatic rings. The first-order valence-corrected chi connectivity index (χ1v) is 12.9. The molecule has 0 aliphatic carbocycles. The molecule has 0 aromatic heterocycles. The van der Waals surface area contributed by atoms with Gasteiger partial charge >= 0.3 is 12.2 Å². The van der Waals surface area contributed by atoms with E-state index in [0.717, 1.165) is 24.8 Å². The molecule has 3 N–H and O–H groups in total. The molecule has 0 aliphatic heterocycles. The minimum Gasteiger partial charge on any atom is -0.444 e. The number of hydrogen-bond donors (Lipinski definition) is 4. The van der Waals surface area contributed by atoms with Crippen LogP contribution in [0.4, 0.5) is 9.59 Å². The molecule has 0 saturated heterocycles. The summed E-state index contributed by atoms with van der Waals surface area (Å²) in [7, 11) is 0. The molecule has 0 aliphatic rings. The van der Waals surface area contributed by atoms with Crippen molar-refractivity contribution in [3.63, 3.8) is 0 Å². The normalized spacial score (nSPS) is 11.5. The summed E-state index contributed by atoms with van der Waals surface area (Å²) in [6.45, 7) is 12.5. The van der Waals surface area contributed by atoms with Crippen LogP contribution in [0.2, 0.25) is 0 Å². The van der Waals surface area contributed by atoms with Crippen molar-refractivity contribution in [2.75, 3.05) is 19.3 Å². The van der Waals surface area contributed by atoms with Crippen molar-refractivity contribution >= 4 is 30.7 Å². The van der Waals surface area contributed by atoms with E-state index < -0.39 is 35.3 Å². The summed E-state index contributed by atoms with van der Waals surface area (Å²) in [5.74, 6) is 5.53. The number of thiol groups is 1. The maximum atomic E-state index is 12.7. The van der Waals surface area contributed by atoms with Crippen molar-refractivity contribution in [2.24, 2.45) is 0 Å². The van der Waals surface area contributed by atoms with Crippen LogP contribution in [0, 0.1) is 11.8 Å². The fourth-order valence-corrected chi connectivity index (χ4v) is 2.90. The van der Waals surface area contributed by atoms with Crippen molar-refractivity contribution in [3.8, 4) is 11.8 Å². The smallest absolute Gasteiger partial charge is 0.408 e. The van der Waals surface area contributed by atoms with Crippen LogP contribution in [-0.4, -0.2) is 54.7 Å². The lowest BCUT2D eigenvalue weighted by Crippen LogP contribution is -2.54. The van der Waals surface area contributed by atoms with E-state index in [1.807, 2.05) is 19.1 Å². The van der Waals surface area contributed by atoms with Gasteiger partial charge in [-0.25, -0.2) is 9.59 Å². The SMILES string of the molecule is CC#Cc1cccc(CCCCNC(=O)C(CNC(=O)OC(C)(C)C)NC(=O)OC(C)(C)C)c1.CS. The lowest BCUT2D eigenvalue weighted by atomic mass is 10.1. The number of rotatable bonds is 9. The maximum Gasteiger partial charge on any atom is 0.408 e. The quantitative estimate of drug-likeness (QED) is 0.218. The molecule has 0 saturated carbocycles. The Kier molecular flexibility index (Phi) is 15.4. The fourth-order valence-electron chi connectivity index (χ4n) is 2.90. The van der Waals surface area contributed by atoms with Gasteiger partial charge in [-0.1, -0.05) is 18.1 Å². The maximum absolute atomic E-state index is 12.7. The molecular weight excluding hydrogens is 478 g/mol. The molecule has 1 rings (SSSR count). The molecule has 0 radical (unpaired) electrons. The zero-order chi connectivity index (χ0) is 27.8. The summed E-state index contributed by atoms with van der Waals surface area (Å²) in [6.07, 6.45) is 2.78. The van der Waals surface area contributed by atoms with Crippen LogP contribution in [0.15, 0.2) is 24.3 Å². The van der Waals surface area contributed by atoms with Gasteiger partial charge in [0.25, 0.3) is 0 Å². The molecule has 1 unspecified atom stereocenters. The van der Waals surface area contributed by atoms with Crippen LogP contribution in [-0.2, 0) is 20.7 Å². The molecule has 36 heavy (non-hydrogen) atoms. The van der Waals surface area contributed by atoms with E-state index in [-0.39, 0.29) is 6.54 Å². The molecule has 202 valence electrons. The number of carbonyl (C=O) groups excluding carboxylic acids is 3. The van der Waals surface area contributed by atoms with E-state index in [2.05, 4.69) is 52.6 Å². The monoisotopic (exact) mass is 521 g/mol. The summed E-state index contributed by atoms with van der Waals surface area (Å²) >= 11 is 3.53. The first kappa shape index (κ1) is 33.1. The third-order valence-corrected chi connectivity index (χ3v) is 4.24. The lowest BCUT2D eigenvalue weighted by Gasteiger charge is -2.24. The molecule has 1 atom stereocenters. The standard InChI is InChI=1S/C26H39N3O5.CH4S/c1-8-12-19-14-11-15-20(17-19)13-9-10-16-27-22(30)21(29-24(32)34-26(5,6)7)18-28-23(31)33-25(2,3)4;1-2/h11,14-15,17,21H,9-10,13,16,18H2,1-7H3,(H,27,30)(H,28,31)(H,29,32);2H,1H3. The number of ether oxygens (including phenoxy) is 2. The van der Waals surface area contributed by atoms with Crippen LogP contribution in [0.5, 0.6) is 0 Å². The second kappa shape index (κ2) is 16.7. The van der Waals surface area contributed by atoms with Gasteiger partial charge in [-0.2, -0.15) is 12.6 Å². The Morgan fingerprint density at radius 3 is 2.14 bits per heavy atom. The van der Waals surface area contributed by atoms with Gasteiger partial charge in [0.05, 0.1) is 6.54 Å². The third kappa shape index (κ3) is 16.7. The number of aryl methyl sites for hydroxylation is 1. The summed E-state index contributed by atoms with van der Waals surface area (Å²) in [4.78, 5) is 36.9. The molecule has 0 fully saturated rings. The van der Waals surface area contributed by atoms with E-state index in [4.69, 9.17) is 9.47 Å². The van der Waals surface area contributed by atoms with Crippen LogP contribution in [0.25, 0.3) is 0 Å². The fraction of sp³-hybridized carbons (Fsp3) is 0.593. The van der Waals surface area contributed by atoms with Gasteiger partial charge in [0.2, 0.25) is 5.91 Å². The second-order valence-corrected chi connectivity index (χ2v) is 9.91. The van der Waals surface area contributed by atoms with E-state index >= 15 is 0 Å². The average molecular weight is 522 g/mol.